The van der Waals surface area contributed by atoms with Crippen LogP contribution in [0.2, 0.25) is 0 Å². The zero-order valence-electron chi connectivity index (χ0n) is 18.5. The number of carbonyl (C=O) groups is 2. The SMILES string of the molecule is CC(NC(=O)c1ccc(C(C)(C)C)cc1)C(=O)N1CCCC1c1nc2ccccc2s1. The predicted molar refractivity (Wildman–Crippen MR) is 125 cm³/mol. The third-order valence-electron chi connectivity index (χ3n) is 5.86. The first kappa shape index (κ1) is 21.5. The summed E-state index contributed by atoms with van der Waals surface area (Å²) in [5.74, 6) is -0.279. The number of para-hydroxylation sites is 1. The molecule has 6 heteroatoms. The third kappa shape index (κ3) is 4.49. The van der Waals surface area contributed by atoms with Crippen molar-refractivity contribution in [1.29, 1.82) is 0 Å². The van der Waals surface area contributed by atoms with Gasteiger partial charge in [-0.3, -0.25) is 9.59 Å². The highest BCUT2D eigenvalue weighted by Crippen LogP contribution is 2.36. The Morgan fingerprint density at radius 2 is 1.84 bits per heavy atom. The summed E-state index contributed by atoms with van der Waals surface area (Å²) in [4.78, 5) is 32.5. The van der Waals surface area contributed by atoms with Crippen LogP contribution in [-0.2, 0) is 10.2 Å². The van der Waals surface area contributed by atoms with Gasteiger partial charge in [0.05, 0.1) is 16.3 Å². The molecule has 4 rings (SSSR count). The first-order chi connectivity index (χ1) is 14.7. The lowest BCUT2D eigenvalue weighted by Gasteiger charge is -2.26. The fourth-order valence-electron chi connectivity index (χ4n) is 4.03. The van der Waals surface area contributed by atoms with E-state index < -0.39 is 6.04 Å². The average molecular weight is 436 g/mol. The summed E-state index contributed by atoms with van der Waals surface area (Å²) in [7, 11) is 0. The second-order valence-corrected chi connectivity index (χ2v) is 10.3. The molecule has 1 aliphatic heterocycles. The number of aromatic nitrogens is 1. The van der Waals surface area contributed by atoms with Gasteiger partial charge in [-0.1, -0.05) is 45.0 Å². The molecular weight excluding hydrogens is 406 g/mol. The van der Waals surface area contributed by atoms with Crippen LogP contribution in [0.1, 0.15) is 67.5 Å². The molecule has 1 N–H and O–H groups in total. The number of rotatable bonds is 4. The maximum absolute atomic E-state index is 13.2. The zero-order valence-corrected chi connectivity index (χ0v) is 19.3. The molecule has 0 saturated carbocycles. The summed E-state index contributed by atoms with van der Waals surface area (Å²) in [5, 5.41) is 3.86. The number of carbonyl (C=O) groups excluding carboxylic acids is 2. The van der Waals surface area contributed by atoms with E-state index in [0.717, 1.165) is 28.1 Å². The molecule has 162 valence electrons. The van der Waals surface area contributed by atoms with E-state index >= 15 is 0 Å². The smallest absolute Gasteiger partial charge is 0.251 e. The van der Waals surface area contributed by atoms with Crippen molar-refractivity contribution in [2.75, 3.05) is 6.54 Å². The topological polar surface area (TPSA) is 62.3 Å². The Balaban J connectivity index is 1.45. The molecule has 1 aromatic heterocycles. The Hall–Kier alpha value is -2.73. The Morgan fingerprint density at radius 1 is 1.13 bits per heavy atom. The van der Waals surface area contributed by atoms with Crippen molar-refractivity contribution in [1.82, 2.24) is 15.2 Å². The second-order valence-electron chi connectivity index (χ2n) is 9.23. The van der Waals surface area contributed by atoms with Crippen LogP contribution < -0.4 is 5.32 Å². The second kappa shape index (κ2) is 8.42. The normalized spacial score (nSPS) is 17.7. The molecule has 1 fully saturated rings. The van der Waals surface area contributed by atoms with Crippen LogP contribution in [0.4, 0.5) is 0 Å². The molecule has 3 aromatic rings. The summed E-state index contributed by atoms with van der Waals surface area (Å²) < 4.78 is 1.14. The van der Waals surface area contributed by atoms with Crippen molar-refractivity contribution < 1.29 is 9.59 Å². The standard InChI is InChI=1S/C25H29N3O2S/c1-16(26-22(29)17-11-13-18(14-12-17)25(2,3)4)24(30)28-15-7-9-20(28)23-27-19-8-5-6-10-21(19)31-23/h5-6,8,10-14,16,20H,7,9,15H2,1-4H3,(H,26,29). The quantitative estimate of drug-likeness (QED) is 0.622. The van der Waals surface area contributed by atoms with E-state index in [4.69, 9.17) is 4.98 Å². The highest BCUT2D eigenvalue weighted by molar-refractivity contribution is 7.18. The van der Waals surface area contributed by atoms with Gasteiger partial charge < -0.3 is 10.2 Å². The summed E-state index contributed by atoms with van der Waals surface area (Å²) in [5.41, 5.74) is 2.74. The van der Waals surface area contributed by atoms with Gasteiger partial charge in [0.15, 0.2) is 0 Å². The summed E-state index contributed by atoms with van der Waals surface area (Å²) in [6.07, 6.45) is 1.85. The van der Waals surface area contributed by atoms with Gasteiger partial charge in [-0.2, -0.15) is 0 Å². The minimum atomic E-state index is -0.593. The number of benzene rings is 2. The molecule has 1 saturated heterocycles. The fraction of sp³-hybridized carbons (Fsp3) is 0.400. The van der Waals surface area contributed by atoms with Crippen molar-refractivity contribution in [2.24, 2.45) is 0 Å². The summed E-state index contributed by atoms with van der Waals surface area (Å²) >= 11 is 1.65. The van der Waals surface area contributed by atoms with Crippen LogP contribution in [0.5, 0.6) is 0 Å². The number of nitrogens with zero attached hydrogens (tertiary/aromatic N) is 2. The van der Waals surface area contributed by atoms with Gasteiger partial charge in [0, 0.05) is 12.1 Å². The number of nitrogens with one attached hydrogen (secondary N) is 1. The van der Waals surface area contributed by atoms with E-state index in [9.17, 15) is 9.59 Å². The van der Waals surface area contributed by atoms with Crippen LogP contribution >= 0.6 is 11.3 Å². The van der Waals surface area contributed by atoms with Gasteiger partial charge in [0.25, 0.3) is 5.91 Å². The molecule has 0 bridgehead atoms. The Morgan fingerprint density at radius 3 is 2.52 bits per heavy atom. The van der Waals surface area contributed by atoms with Crippen molar-refractivity contribution in [3.8, 4) is 0 Å². The Labute approximate surface area is 187 Å². The van der Waals surface area contributed by atoms with Gasteiger partial charge in [0.2, 0.25) is 5.91 Å². The number of thiazole rings is 1. The van der Waals surface area contributed by atoms with Crippen molar-refractivity contribution in [2.45, 2.75) is 58.0 Å². The zero-order chi connectivity index (χ0) is 22.2. The van der Waals surface area contributed by atoms with Crippen LogP contribution in [0.25, 0.3) is 10.2 Å². The number of hydrogen-bond donors (Lipinski definition) is 1. The molecule has 31 heavy (non-hydrogen) atoms. The lowest BCUT2D eigenvalue weighted by atomic mass is 9.86. The minimum Gasteiger partial charge on any atom is -0.341 e. The Bertz CT molecular complexity index is 1060. The van der Waals surface area contributed by atoms with Gasteiger partial charge in [0.1, 0.15) is 11.0 Å². The van der Waals surface area contributed by atoms with Crippen molar-refractivity contribution in [3.05, 3.63) is 64.7 Å². The molecule has 5 nitrogen and oxygen atoms in total. The molecule has 0 radical (unpaired) electrons. The van der Waals surface area contributed by atoms with E-state index in [0.29, 0.717) is 12.1 Å². The molecule has 0 aliphatic carbocycles. The first-order valence-electron chi connectivity index (χ1n) is 10.8. The Kier molecular flexibility index (Phi) is 5.84. The van der Waals surface area contributed by atoms with E-state index in [1.54, 1.807) is 18.3 Å². The molecular formula is C25H29N3O2S. The van der Waals surface area contributed by atoms with Gasteiger partial charge in [-0.15, -0.1) is 11.3 Å². The number of amides is 2. The van der Waals surface area contributed by atoms with E-state index in [1.165, 1.54) is 5.56 Å². The lowest BCUT2D eigenvalue weighted by Crippen LogP contribution is -2.46. The van der Waals surface area contributed by atoms with Gasteiger partial charge >= 0.3 is 0 Å². The van der Waals surface area contributed by atoms with E-state index in [2.05, 4.69) is 32.2 Å². The maximum Gasteiger partial charge on any atom is 0.251 e. The van der Waals surface area contributed by atoms with Crippen molar-refractivity contribution in [3.63, 3.8) is 0 Å². The fourth-order valence-corrected chi connectivity index (χ4v) is 5.15. The predicted octanol–water partition coefficient (Wildman–Crippen LogP) is 5.08. The monoisotopic (exact) mass is 435 g/mol. The number of likely N-dealkylation sites (tertiary alicyclic amines) is 1. The van der Waals surface area contributed by atoms with Crippen LogP contribution in [0.15, 0.2) is 48.5 Å². The summed E-state index contributed by atoms with van der Waals surface area (Å²) in [6, 6.07) is 15.0. The van der Waals surface area contributed by atoms with Gasteiger partial charge in [-0.05, 0) is 55.0 Å². The molecule has 2 heterocycles. The lowest BCUT2D eigenvalue weighted by molar-refractivity contribution is -0.133. The van der Waals surface area contributed by atoms with Crippen LogP contribution in [-0.4, -0.2) is 34.3 Å². The number of fused-ring (bicyclic) bond motifs is 1. The molecule has 0 spiro atoms. The minimum absolute atomic E-state index is 0.0182. The highest BCUT2D eigenvalue weighted by atomic mass is 32.1. The molecule has 2 aromatic carbocycles. The largest absolute Gasteiger partial charge is 0.341 e. The summed E-state index contributed by atoms with van der Waals surface area (Å²) in [6.45, 7) is 8.87. The molecule has 2 amide bonds. The van der Waals surface area contributed by atoms with E-state index in [-0.39, 0.29) is 23.3 Å². The molecule has 1 aliphatic rings. The highest BCUT2D eigenvalue weighted by Gasteiger charge is 2.34. The molecule has 2 unspecified atom stereocenters. The van der Waals surface area contributed by atoms with Crippen molar-refractivity contribution >= 4 is 33.4 Å². The number of hydrogen-bond acceptors (Lipinski definition) is 4. The first-order valence-corrected chi connectivity index (χ1v) is 11.6. The average Bonchev–Trinajstić information content (AvgIpc) is 3.39. The van der Waals surface area contributed by atoms with E-state index in [1.807, 2.05) is 47.4 Å². The third-order valence-corrected chi connectivity index (χ3v) is 7.00. The van der Waals surface area contributed by atoms with Crippen LogP contribution in [0.3, 0.4) is 0 Å². The van der Waals surface area contributed by atoms with Crippen LogP contribution in [0, 0.1) is 0 Å². The van der Waals surface area contributed by atoms with Gasteiger partial charge in [-0.25, -0.2) is 4.98 Å². The molecule has 2 atom stereocenters. The maximum atomic E-state index is 13.2.